The molecule has 0 bridgehead atoms. The van der Waals surface area contributed by atoms with Gasteiger partial charge in [-0.2, -0.15) is 0 Å². The van der Waals surface area contributed by atoms with Crippen LogP contribution in [-0.4, -0.2) is 25.0 Å². The minimum atomic E-state index is -0.128. The van der Waals surface area contributed by atoms with Crippen molar-refractivity contribution in [1.29, 1.82) is 0 Å². The molecule has 0 aliphatic carbocycles. The number of aryl methyl sites for hydroxylation is 1. The highest BCUT2D eigenvalue weighted by Gasteiger charge is 2.16. The number of hydrogen-bond donors (Lipinski definition) is 0. The number of carbonyl (C=O) groups excluding carboxylic acids is 1. The number of benzene rings is 2. The average molecular weight is 400 g/mol. The van der Waals surface area contributed by atoms with E-state index in [2.05, 4.69) is 0 Å². The molecule has 0 aliphatic heterocycles. The molecular weight excluding hydrogens is 378 g/mol. The van der Waals surface area contributed by atoms with E-state index in [1.54, 1.807) is 37.3 Å². The summed E-state index contributed by atoms with van der Waals surface area (Å²) in [6.45, 7) is 2.64. The Hall–Kier alpha value is -2.92. The summed E-state index contributed by atoms with van der Waals surface area (Å²) in [6, 6.07) is 16.3. The lowest BCUT2D eigenvalue weighted by atomic mass is 10.1. The van der Waals surface area contributed by atoms with Crippen molar-refractivity contribution in [3.05, 3.63) is 82.3 Å². The molecule has 0 aliphatic rings. The van der Waals surface area contributed by atoms with Gasteiger partial charge in [-0.15, -0.1) is 0 Å². The molecule has 28 heavy (non-hydrogen) atoms. The summed E-state index contributed by atoms with van der Waals surface area (Å²) < 4.78 is 16.8. The van der Waals surface area contributed by atoms with Gasteiger partial charge in [0.05, 0.1) is 13.7 Å². The number of carbonyl (C=O) groups is 1. The predicted molar refractivity (Wildman–Crippen MR) is 108 cm³/mol. The summed E-state index contributed by atoms with van der Waals surface area (Å²) in [5, 5.41) is 0.679. The summed E-state index contributed by atoms with van der Waals surface area (Å²) >= 11 is 5.90. The van der Waals surface area contributed by atoms with Crippen LogP contribution in [-0.2, 0) is 13.2 Å². The molecule has 146 valence electrons. The van der Waals surface area contributed by atoms with Crippen LogP contribution in [0.4, 0.5) is 0 Å². The van der Waals surface area contributed by atoms with E-state index in [1.165, 1.54) is 0 Å². The van der Waals surface area contributed by atoms with Crippen LogP contribution in [0.15, 0.2) is 59.0 Å². The Balaban J connectivity index is 1.69. The first kappa shape index (κ1) is 19.8. The highest BCUT2D eigenvalue weighted by atomic mass is 35.5. The van der Waals surface area contributed by atoms with Gasteiger partial charge in [-0.25, -0.2) is 0 Å². The van der Waals surface area contributed by atoms with Gasteiger partial charge < -0.3 is 18.8 Å². The Bertz CT molecular complexity index is 949. The summed E-state index contributed by atoms with van der Waals surface area (Å²) in [5.41, 5.74) is 1.50. The zero-order valence-corrected chi connectivity index (χ0v) is 16.8. The largest absolute Gasteiger partial charge is 0.493 e. The number of furan rings is 1. The van der Waals surface area contributed by atoms with Crippen LogP contribution in [0.1, 0.15) is 27.4 Å². The smallest absolute Gasteiger partial charge is 0.254 e. The third-order valence-electron chi connectivity index (χ3n) is 4.25. The molecule has 0 unspecified atom stereocenters. The molecule has 2 aromatic carbocycles. The molecule has 0 saturated carbocycles. The maximum atomic E-state index is 12.7. The Kier molecular flexibility index (Phi) is 6.26. The summed E-state index contributed by atoms with van der Waals surface area (Å²) in [4.78, 5) is 14.3. The van der Waals surface area contributed by atoms with Crippen molar-refractivity contribution in [2.45, 2.75) is 20.1 Å². The summed E-state index contributed by atoms with van der Waals surface area (Å²) in [7, 11) is 3.28. The Morgan fingerprint density at radius 1 is 1.07 bits per heavy atom. The van der Waals surface area contributed by atoms with Crippen molar-refractivity contribution in [3.63, 3.8) is 0 Å². The predicted octanol–water partition coefficient (Wildman–Crippen LogP) is 5.10. The maximum Gasteiger partial charge on any atom is 0.254 e. The normalized spacial score (nSPS) is 10.6. The van der Waals surface area contributed by atoms with Crippen molar-refractivity contribution in [3.8, 4) is 11.5 Å². The van der Waals surface area contributed by atoms with Crippen molar-refractivity contribution in [2.24, 2.45) is 0 Å². The maximum absolute atomic E-state index is 12.7. The summed E-state index contributed by atoms with van der Waals surface area (Å²) in [5.74, 6) is 2.50. The highest BCUT2D eigenvalue weighted by Crippen LogP contribution is 2.29. The third-order valence-corrected chi connectivity index (χ3v) is 4.51. The van der Waals surface area contributed by atoms with E-state index >= 15 is 0 Å². The molecule has 0 radical (unpaired) electrons. The number of ether oxygens (including phenoxy) is 2. The number of methoxy groups -OCH3 is 1. The van der Waals surface area contributed by atoms with Crippen LogP contribution >= 0.6 is 11.6 Å². The number of rotatable bonds is 7. The quantitative estimate of drug-likeness (QED) is 0.554. The van der Waals surface area contributed by atoms with Crippen LogP contribution in [0.2, 0.25) is 5.02 Å². The number of nitrogens with zero attached hydrogens (tertiary/aromatic N) is 1. The Morgan fingerprint density at radius 2 is 1.82 bits per heavy atom. The van der Waals surface area contributed by atoms with Crippen molar-refractivity contribution >= 4 is 17.5 Å². The van der Waals surface area contributed by atoms with Gasteiger partial charge in [0.15, 0.2) is 11.5 Å². The van der Waals surface area contributed by atoms with Crippen LogP contribution in [0, 0.1) is 6.92 Å². The number of halogens is 1. The van der Waals surface area contributed by atoms with Crippen molar-refractivity contribution in [1.82, 2.24) is 4.90 Å². The van der Waals surface area contributed by atoms with Crippen LogP contribution in [0.3, 0.4) is 0 Å². The molecular formula is C22H22ClNO4. The van der Waals surface area contributed by atoms with E-state index in [0.717, 1.165) is 17.1 Å². The molecule has 3 rings (SSSR count). The van der Waals surface area contributed by atoms with Crippen molar-refractivity contribution in [2.75, 3.05) is 14.2 Å². The minimum absolute atomic E-state index is 0.128. The Labute approximate surface area is 169 Å². The second-order valence-electron chi connectivity index (χ2n) is 6.45. The van der Waals surface area contributed by atoms with E-state index in [1.807, 2.05) is 43.3 Å². The van der Waals surface area contributed by atoms with Crippen molar-refractivity contribution < 1.29 is 18.7 Å². The topological polar surface area (TPSA) is 51.9 Å². The lowest BCUT2D eigenvalue weighted by molar-refractivity contribution is 0.0774. The number of hydrogen-bond acceptors (Lipinski definition) is 4. The fourth-order valence-electron chi connectivity index (χ4n) is 2.76. The van der Waals surface area contributed by atoms with Gasteiger partial charge in [-0.1, -0.05) is 23.7 Å². The molecule has 0 N–H and O–H groups in total. The molecule has 6 heteroatoms. The van der Waals surface area contributed by atoms with Crippen LogP contribution < -0.4 is 9.47 Å². The van der Waals surface area contributed by atoms with Gasteiger partial charge in [0, 0.05) is 17.6 Å². The monoisotopic (exact) mass is 399 g/mol. The molecule has 1 amide bonds. The van der Waals surface area contributed by atoms with Gasteiger partial charge in [-0.3, -0.25) is 4.79 Å². The van der Waals surface area contributed by atoms with Gasteiger partial charge >= 0.3 is 0 Å². The van der Waals surface area contributed by atoms with E-state index in [9.17, 15) is 4.79 Å². The van der Waals surface area contributed by atoms with E-state index < -0.39 is 0 Å². The van der Waals surface area contributed by atoms with Gasteiger partial charge in [0.1, 0.15) is 18.1 Å². The zero-order chi connectivity index (χ0) is 20.1. The molecule has 5 nitrogen and oxygen atoms in total. The molecule has 1 aromatic heterocycles. The average Bonchev–Trinajstić information content (AvgIpc) is 3.11. The van der Waals surface area contributed by atoms with Crippen LogP contribution in [0.5, 0.6) is 11.5 Å². The Morgan fingerprint density at radius 3 is 2.46 bits per heavy atom. The van der Waals surface area contributed by atoms with E-state index in [0.29, 0.717) is 35.2 Å². The van der Waals surface area contributed by atoms with E-state index in [-0.39, 0.29) is 5.91 Å². The number of amides is 1. The lowest BCUT2D eigenvalue weighted by Crippen LogP contribution is -2.26. The standard InChI is InChI=1S/C22H22ClNO4/c1-15-4-10-19(28-15)13-24(2)22(25)17-7-11-20(21(12-17)26-3)27-14-16-5-8-18(23)9-6-16/h4-12H,13-14H2,1-3H3. The highest BCUT2D eigenvalue weighted by molar-refractivity contribution is 6.30. The van der Waals surface area contributed by atoms with Crippen LogP contribution in [0.25, 0.3) is 0 Å². The van der Waals surface area contributed by atoms with Gasteiger partial charge in [0.2, 0.25) is 0 Å². The minimum Gasteiger partial charge on any atom is -0.493 e. The molecule has 3 aromatic rings. The SMILES string of the molecule is COc1cc(C(=O)N(C)Cc2ccc(C)o2)ccc1OCc1ccc(Cl)cc1. The lowest BCUT2D eigenvalue weighted by Gasteiger charge is -2.17. The molecule has 0 spiro atoms. The van der Waals surface area contributed by atoms with Gasteiger partial charge in [0.25, 0.3) is 5.91 Å². The third kappa shape index (κ3) is 4.87. The summed E-state index contributed by atoms with van der Waals surface area (Å²) in [6.07, 6.45) is 0. The molecule has 0 saturated heterocycles. The fourth-order valence-corrected chi connectivity index (χ4v) is 2.88. The second-order valence-corrected chi connectivity index (χ2v) is 6.89. The first-order valence-corrected chi connectivity index (χ1v) is 9.20. The second kappa shape index (κ2) is 8.85. The molecule has 0 fully saturated rings. The molecule has 1 heterocycles. The zero-order valence-electron chi connectivity index (χ0n) is 16.1. The van der Waals surface area contributed by atoms with Gasteiger partial charge in [-0.05, 0) is 55.0 Å². The fraction of sp³-hybridized carbons (Fsp3) is 0.227. The first-order valence-electron chi connectivity index (χ1n) is 8.82. The first-order chi connectivity index (χ1) is 13.5. The molecule has 0 atom stereocenters. The van der Waals surface area contributed by atoms with E-state index in [4.69, 9.17) is 25.5 Å².